The molecule has 2 aromatic rings. The zero-order valence-corrected chi connectivity index (χ0v) is 13.7. The van der Waals surface area contributed by atoms with Gasteiger partial charge in [-0.3, -0.25) is 4.79 Å². The van der Waals surface area contributed by atoms with Crippen LogP contribution in [0.15, 0.2) is 41.0 Å². The minimum Gasteiger partial charge on any atom is -0.444 e. The van der Waals surface area contributed by atoms with Crippen LogP contribution in [0, 0.1) is 0 Å². The number of hydrogen-bond donors (Lipinski definition) is 0. The molecule has 1 saturated carbocycles. The van der Waals surface area contributed by atoms with Gasteiger partial charge in [0.25, 0.3) is 0 Å². The van der Waals surface area contributed by atoms with Crippen molar-refractivity contribution in [2.24, 2.45) is 0 Å². The monoisotopic (exact) mass is 326 g/mol. The van der Waals surface area contributed by atoms with Crippen LogP contribution in [-0.2, 0) is 16.0 Å². The lowest BCUT2D eigenvalue weighted by molar-refractivity contribution is -0.148. The van der Waals surface area contributed by atoms with Crippen LogP contribution in [-0.4, -0.2) is 41.1 Å². The van der Waals surface area contributed by atoms with Crippen LogP contribution in [0.5, 0.6) is 0 Å². The van der Waals surface area contributed by atoms with E-state index in [2.05, 4.69) is 4.98 Å². The highest BCUT2D eigenvalue weighted by molar-refractivity contribution is 5.79. The van der Waals surface area contributed by atoms with Crippen LogP contribution >= 0.6 is 0 Å². The number of aromatic nitrogens is 1. The maximum absolute atomic E-state index is 12.8. The largest absolute Gasteiger partial charge is 0.444 e. The summed E-state index contributed by atoms with van der Waals surface area (Å²) < 4.78 is 11.4. The number of oxazole rings is 1. The second-order valence-electron chi connectivity index (χ2n) is 6.53. The average Bonchev–Trinajstić information content (AvgIpc) is 3.10. The second kappa shape index (κ2) is 6.77. The van der Waals surface area contributed by atoms with Crippen LogP contribution in [0.3, 0.4) is 0 Å². The predicted octanol–water partition coefficient (Wildman–Crippen LogP) is 3.05. The number of ether oxygens (including phenoxy) is 1. The van der Waals surface area contributed by atoms with E-state index in [-0.39, 0.29) is 18.1 Å². The lowest BCUT2D eigenvalue weighted by atomic mass is 9.90. The summed E-state index contributed by atoms with van der Waals surface area (Å²) >= 11 is 0. The molecular formula is C19H22N2O3. The molecule has 2 heterocycles. The summed E-state index contributed by atoms with van der Waals surface area (Å²) in [6.07, 6.45) is 6.59. The van der Waals surface area contributed by atoms with Crippen molar-refractivity contribution in [3.63, 3.8) is 0 Å². The topological polar surface area (TPSA) is 55.6 Å². The van der Waals surface area contributed by atoms with E-state index in [0.29, 0.717) is 31.2 Å². The molecule has 5 nitrogen and oxygen atoms in total. The van der Waals surface area contributed by atoms with Crippen molar-refractivity contribution in [3.05, 3.63) is 42.3 Å². The minimum atomic E-state index is 0.128. The van der Waals surface area contributed by atoms with Gasteiger partial charge in [0.2, 0.25) is 11.8 Å². The van der Waals surface area contributed by atoms with Gasteiger partial charge in [0.15, 0.2) is 0 Å². The molecule has 0 N–H and O–H groups in total. The first-order valence-corrected chi connectivity index (χ1v) is 8.72. The molecule has 126 valence electrons. The summed E-state index contributed by atoms with van der Waals surface area (Å²) in [6.45, 7) is 1.32. The van der Waals surface area contributed by atoms with E-state index in [9.17, 15) is 4.79 Å². The molecule has 5 heteroatoms. The van der Waals surface area contributed by atoms with Crippen molar-refractivity contribution in [2.75, 3.05) is 13.2 Å². The molecule has 24 heavy (non-hydrogen) atoms. The number of carbonyl (C=O) groups is 1. The first-order chi connectivity index (χ1) is 11.8. The number of carbonyl (C=O) groups excluding carboxylic acids is 1. The van der Waals surface area contributed by atoms with Gasteiger partial charge in [-0.25, -0.2) is 4.98 Å². The van der Waals surface area contributed by atoms with Crippen molar-refractivity contribution in [1.29, 1.82) is 0 Å². The molecular weight excluding hydrogens is 304 g/mol. The molecule has 0 bridgehead atoms. The van der Waals surface area contributed by atoms with E-state index in [4.69, 9.17) is 9.15 Å². The van der Waals surface area contributed by atoms with Gasteiger partial charge in [0, 0.05) is 12.1 Å². The number of nitrogens with zero attached hydrogens (tertiary/aromatic N) is 2. The Hall–Kier alpha value is -2.14. The van der Waals surface area contributed by atoms with E-state index in [1.165, 1.54) is 12.8 Å². The third-order valence-electron chi connectivity index (χ3n) is 4.96. The standard InChI is InChI=1S/C19H22N2O3/c22-18(21-10-11-23-17-9-5-4-8-16(17)21)12-15-13-24-19(20-15)14-6-2-1-3-7-14/h1-3,6-7,13,16-17H,4-5,8-12H2. The Bertz CT molecular complexity index is 696. The lowest BCUT2D eigenvalue weighted by Crippen LogP contribution is -2.55. The zero-order chi connectivity index (χ0) is 16.4. The van der Waals surface area contributed by atoms with Crippen molar-refractivity contribution in [3.8, 4) is 11.5 Å². The Labute approximate surface area is 141 Å². The summed E-state index contributed by atoms with van der Waals surface area (Å²) in [5, 5.41) is 0. The average molecular weight is 326 g/mol. The highest BCUT2D eigenvalue weighted by Gasteiger charge is 2.36. The number of hydrogen-bond acceptors (Lipinski definition) is 4. The molecule has 1 amide bonds. The van der Waals surface area contributed by atoms with Gasteiger partial charge in [-0.15, -0.1) is 0 Å². The van der Waals surface area contributed by atoms with Crippen LogP contribution < -0.4 is 0 Å². The minimum absolute atomic E-state index is 0.128. The molecule has 2 atom stereocenters. The second-order valence-corrected chi connectivity index (χ2v) is 6.53. The van der Waals surface area contributed by atoms with E-state index >= 15 is 0 Å². The SMILES string of the molecule is O=C(Cc1coc(-c2ccccc2)n1)N1CCOC2CCCCC21. The number of rotatable bonds is 3. The molecule has 1 saturated heterocycles. The van der Waals surface area contributed by atoms with E-state index in [1.807, 2.05) is 35.2 Å². The molecule has 1 aromatic carbocycles. The Morgan fingerprint density at radius 1 is 1.21 bits per heavy atom. The zero-order valence-electron chi connectivity index (χ0n) is 13.7. The fourth-order valence-corrected chi connectivity index (χ4v) is 3.76. The molecule has 1 aliphatic heterocycles. The number of fused-ring (bicyclic) bond motifs is 1. The van der Waals surface area contributed by atoms with Gasteiger partial charge < -0.3 is 14.1 Å². The molecule has 2 unspecified atom stereocenters. The third-order valence-corrected chi connectivity index (χ3v) is 4.96. The third kappa shape index (κ3) is 3.08. The Balaban J connectivity index is 1.45. The van der Waals surface area contributed by atoms with Gasteiger partial charge in [-0.2, -0.15) is 0 Å². The van der Waals surface area contributed by atoms with Crippen molar-refractivity contribution in [2.45, 2.75) is 44.2 Å². The molecule has 2 fully saturated rings. The summed E-state index contributed by atoms with van der Waals surface area (Å²) in [4.78, 5) is 19.2. The normalized spacial score (nSPS) is 23.8. The van der Waals surface area contributed by atoms with E-state index < -0.39 is 0 Å². The van der Waals surface area contributed by atoms with Gasteiger partial charge in [0.1, 0.15) is 6.26 Å². The molecule has 1 aromatic heterocycles. The van der Waals surface area contributed by atoms with E-state index in [1.54, 1.807) is 6.26 Å². The van der Waals surface area contributed by atoms with Crippen LogP contribution in [0.25, 0.3) is 11.5 Å². The Morgan fingerprint density at radius 3 is 2.92 bits per heavy atom. The van der Waals surface area contributed by atoms with Gasteiger partial charge in [0.05, 0.1) is 30.9 Å². The van der Waals surface area contributed by atoms with Gasteiger partial charge >= 0.3 is 0 Å². The van der Waals surface area contributed by atoms with Crippen molar-refractivity contribution < 1.29 is 13.9 Å². The first kappa shape index (κ1) is 15.4. The molecule has 4 rings (SSSR count). The highest BCUT2D eigenvalue weighted by atomic mass is 16.5. The lowest BCUT2D eigenvalue weighted by Gasteiger charge is -2.43. The van der Waals surface area contributed by atoms with Crippen LogP contribution in [0.2, 0.25) is 0 Å². The summed E-state index contributed by atoms with van der Waals surface area (Å²) in [7, 11) is 0. The smallest absolute Gasteiger partial charge is 0.229 e. The van der Waals surface area contributed by atoms with Crippen LogP contribution in [0.4, 0.5) is 0 Å². The molecule has 1 aliphatic carbocycles. The van der Waals surface area contributed by atoms with Crippen molar-refractivity contribution >= 4 is 5.91 Å². The maximum Gasteiger partial charge on any atom is 0.229 e. The van der Waals surface area contributed by atoms with E-state index in [0.717, 1.165) is 18.4 Å². The fourth-order valence-electron chi connectivity index (χ4n) is 3.76. The number of morpholine rings is 1. The first-order valence-electron chi connectivity index (χ1n) is 8.72. The number of amides is 1. The number of benzene rings is 1. The Kier molecular flexibility index (Phi) is 4.34. The predicted molar refractivity (Wildman–Crippen MR) is 89.4 cm³/mol. The fraction of sp³-hybridized carbons (Fsp3) is 0.474. The van der Waals surface area contributed by atoms with Gasteiger partial charge in [-0.1, -0.05) is 31.0 Å². The van der Waals surface area contributed by atoms with Crippen molar-refractivity contribution in [1.82, 2.24) is 9.88 Å². The maximum atomic E-state index is 12.8. The molecule has 0 radical (unpaired) electrons. The summed E-state index contributed by atoms with van der Waals surface area (Å²) in [6, 6.07) is 9.98. The summed E-state index contributed by atoms with van der Waals surface area (Å²) in [5.41, 5.74) is 1.62. The quantitative estimate of drug-likeness (QED) is 0.870. The molecule has 2 aliphatic rings. The van der Waals surface area contributed by atoms with Crippen LogP contribution in [0.1, 0.15) is 31.4 Å². The Morgan fingerprint density at radius 2 is 2.04 bits per heavy atom. The van der Waals surface area contributed by atoms with Gasteiger partial charge in [-0.05, 0) is 25.0 Å². The summed E-state index contributed by atoms with van der Waals surface area (Å²) in [5.74, 6) is 0.694. The highest BCUT2D eigenvalue weighted by Crippen LogP contribution is 2.29. The molecule has 0 spiro atoms.